The quantitative estimate of drug-likeness (QED) is 0.175. The molecule has 0 aromatic heterocycles. The zero-order valence-electron chi connectivity index (χ0n) is 27.1. The number of hydrogen-bond acceptors (Lipinski definition) is 1. The van der Waals surface area contributed by atoms with Gasteiger partial charge in [-0.25, -0.2) is 0 Å². The molecule has 0 saturated carbocycles. The van der Waals surface area contributed by atoms with Gasteiger partial charge in [0, 0.05) is 10.9 Å². The van der Waals surface area contributed by atoms with Gasteiger partial charge in [-0.15, -0.1) is 0 Å². The van der Waals surface area contributed by atoms with Crippen molar-refractivity contribution in [1.82, 2.24) is 0 Å². The lowest BCUT2D eigenvalue weighted by molar-refractivity contribution is 0.487. The molecule has 230 valence electrons. The second-order valence-electron chi connectivity index (χ2n) is 14.0. The molecule has 1 spiro atoms. The van der Waals surface area contributed by atoms with Gasteiger partial charge in [-0.1, -0.05) is 133 Å². The van der Waals surface area contributed by atoms with Crippen molar-refractivity contribution in [3.63, 3.8) is 0 Å². The Bertz CT molecular complexity index is 2960. The average molecular weight is 633 g/mol. The van der Waals surface area contributed by atoms with Gasteiger partial charge in [0.1, 0.15) is 11.5 Å². The van der Waals surface area contributed by atoms with Crippen molar-refractivity contribution in [3.8, 4) is 56.0 Å². The van der Waals surface area contributed by atoms with Gasteiger partial charge in [-0.05, 0) is 125 Å². The predicted octanol–water partition coefficient (Wildman–Crippen LogP) is 12.9. The van der Waals surface area contributed by atoms with Crippen LogP contribution in [0, 0.1) is 0 Å². The summed E-state index contributed by atoms with van der Waals surface area (Å²) in [6, 6.07) is 63.2. The van der Waals surface area contributed by atoms with E-state index in [2.05, 4.69) is 170 Å². The Morgan fingerprint density at radius 3 is 1.94 bits per heavy atom. The molecule has 0 N–H and O–H groups in total. The van der Waals surface area contributed by atoms with Gasteiger partial charge >= 0.3 is 0 Å². The van der Waals surface area contributed by atoms with Crippen LogP contribution in [0.3, 0.4) is 0 Å². The summed E-state index contributed by atoms with van der Waals surface area (Å²) in [6.45, 7) is 0. The Balaban J connectivity index is 1.16. The summed E-state index contributed by atoms with van der Waals surface area (Å²) in [6.07, 6.45) is 0. The molecule has 9 aromatic carbocycles. The molecule has 1 nitrogen and oxygen atoms in total. The van der Waals surface area contributed by atoms with E-state index in [-0.39, 0.29) is 0 Å². The van der Waals surface area contributed by atoms with Crippen molar-refractivity contribution in [1.29, 1.82) is 0 Å². The summed E-state index contributed by atoms with van der Waals surface area (Å²) >= 11 is 0. The van der Waals surface area contributed by atoms with Crippen LogP contribution in [0.4, 0.5) is 0 Å². The first kappa shape index (κ1) is 26.5. The fourth-order valence-corrected chi connectivity index (χ4v) is 9.56. The monoisotopic (exact) mass is 632 g/mol. The van der Waals surface area contributed by atoms with Crippen LogP contribution in [0.1, 0.15) is 22.3 Å². The van der Waals surface area contributed by atoms with Crippen LogP contribution in [0.25, 0.3) is 76.8 Å². The molecule has 0 radical (unpaired) electrons. The van der Waals surface area contributed by atoms with E-state index in [4.69, 9.17) is 4.74 Å². The Hall–Kier alpha value is -6.44. The van der Waals surface area contributed by atoms with Gasteiger partial charge in [0.25, 0.3) is 0 Å². The molecule has 0 amide bonds. The number of ether oxygens (including phenoxy) is 1. The second-order valence-corrected chi connectivity index (χ2v) is 14.0. The molecule has 0 fully saturated rings. The fraction of sp³-hybridized carbons (Fsp3) is 0.0204. The highest BCUT2D eigenvalue weighted by molar-refractivity contribution is 6.09. The van der Waals surface area contributed by atoms with E-state index >= 15 is 0 Å². The Morgan fingerprint density at radius 1 is 0.340 bits per heavy atom. The maximum absolute atomic E-state index is 6.48. The lowest BCUT2D eigenvalue weighted by atomic mass is 9.70. The zero-order chi connectivity index (χ0) is 32.6. The molecule has 50 heavy (non-hydrogen) atoms. The van der Waals surface area contributed by atoms with Gasteiger partial charge in [-0.3, -0.25) is 0 Å². The Morgan fingerprint density at radius 2 is 1.02 bits per heavy atom. The topological polar surface area (TPSA) is 9.23 Å². The maximum atomic E-state index is 6.48. The third kappa shape index (κ3) is 3.23. The number of hydrogen-bond donors (Lipinski definition) is 0. The highest BCUT2D eigenvalue weighted by Crippen LogP contribution is 2.64. The molecular weight excluding hydrogens is 605 g/mol. The van der Waals surface area contributed by atoms with E-state index in [1.165, 1.54) is 93.5 Å². The number of benzene rings is 9. The van der Waals surface area contributed by atoms with Crippen LogP contribution in [-0.2, 0) is 5.41 Å². The molecule has 1 atom stereocenters. The summed E-state index contributed by atoms with van der Waals surface area (Å²) in [5.74, 6) is 1.83. The minimum absolute atomic E-state index is 0.442. The summed E-state index contributed by atoms with van der Waals surface area (Å²) in [5, 5.41) is 7.51. The van der Waals surface area contributed by atoms with E-state index in [0.717, 1.165) is 17.1 Å². The molecule has 2 aliphatic carbocycles. The predicted molar refractivity (Wildman–Crippen MR) is 206 cm³/mol. The second kappa shape index (κ2) is 9.37. The third-order valence-electron chi connectivity index (χ3n) is 11.6. The van der Waals surface area contributed by atoms with E-state index in [9.17, 15) is 0 Å². The summed E-state index contributed by atoms with van der Waals surface area (Å²) in [7, 11) is 0. The highest BCUT2D eigenvalue weighted by Gasteiger charge is 2.52. The number of rotatable bonds is 1. The van der Waals surface area contributed by atoms with Gasteiger partial charge in [0.15, 0.2) is 0 Å². The van der Waals surface area contributed by atoms with Crippen molar-refractivity contribution in [2.24, 2.45) is 0 Å². The van der Waals surface area contributed by atoms with Crippen LogP contribution >= 0.6 is 0 Å². The normalized spacial score (nSPS) is 15.8. The lowest BCUT2D eigenvalue weighted by Gasteiger charge is -2.31. The van der Waals surface area contributed by atoms with Crippen molar-refractivity contribution in [3.05, 3.63) is 192 Å². The SMILES string of the molecule is c1ccc2c(c1)-c1ccc(-c3ccc4c(c3)-c3cccc5cccc(c35)O4)cc1C21c2cc3ccccc3cc2-c2c1ccc1ccccc21. The molecule has 12 rings (SSSR count). The maximum Gasteiger partial charge on any atom is 0.135 e. The molecule has 1 aliphatic heterocycles. The summed E-state index contributed by atoms with van der Waals surface area (Å²) < 4.78 is 6.48. The zero-order valence-corrected chi connectivity index (χ0v) is 27.1. The van der Waals surface area contributed by atoms with E-state index in [0.29, 0.717) is 0 Å². The van der Waals surface area contributed by atoms with E-state index in [1.54, 1.807) is 0 Å². The van der Waals surface area contributed by atoms with Gasteiger partial charge in [-0.2, -0.15) is 0 Å². The standard InChI is InChI=1S/C49H28O/c1-2-11-32-27-44-40(26-31(32)10-1)48-35-14-4-3-9-29(35)20-23-42(48)49(44)41-17-6-5-15-36(41)37-22-19-34(28-43(37)49)33-21-24-45-39(25-33)38-16-7-12-30-13-8-18-46(50-45)47(30)38/h1-28H. The van der Waals surface area contributed by atoms with Crippen LogP contribution < -0.4 is 4.74 Å². The average Bonchev–Trinajstić information content (AvgIpc) is 3.63. The Kier molecular flexibility index (Phi) is 4.97. The number of fused-ring (bicyclic) bond motifs is 15. The minimum Gasteiger partial charge on any atom is -0.456 e. The molecule has 1 heteroatoms. The molecule has 3 aliphatic rings. The molecule has 1 unspecified atom stereocenters. The summed E-state index contributed by atoms with van der Waals surface area (Å²) in [4.78, 5) is 0. The minimum atomic E-state index is -0.442. The van der Waals surface area contributed by atoms with Crippen molar-refractivity contribution >= 4 is 32.3 Å². The molecule has 0 bridgehead atoms. The van der Waals surface area contributed by atoms with Gasteiger partial charge in [0.05, 0.1) is 5.41 Å². The first-order chi connectivity index (χ1) is 24.8. The van der Waals surface area contributed by atoms with Gasteiger partial charge < -0.3 is 4.74 Å². The first-order valence-corrected chi connectivity index (χ1v) is 17.4. The van der Waals surface area contributed by atoms with Crippen LogP contribution in [0.5, 0.6) is 11.5 Å². The molecular formula is C49H28O. The van der Waals surface area contributed by atoms with Crippen molar-refractivity contribution in [2.75, 3.05) is 0 Å². The van der Waals surface area contributed by atoms with E-state index < -0.39 is 5.41 Å². The Labute approximate surface area is 289 Å². The van der Waals surface area contributed by atoms with Crippen LogP contribution in [0.2, 0.25) is 0 Å². The first-order valence-electron chi connectivity index (χ1n) is 17.4. The highest BCUT2D eigenvalue weighted by atomic mass is 16.5. The van der Waals surface area contributed by atoms with Crippen LogP contribution in [0.15, 0.2) is 170 Å². The lowest BCUT2D eigenvalue weighted by Crippen LogP contribution is -2.26. The summed E-state index contributed by atoms with van der Waals surface area (Å²) in [5.41, 5.74) is 15.1. The third-order valence-corrected chi connectivity index (χ3v) is 11.6. The van der Waals surface area contributed by atoms with Crippen molar-refractivity contribution < 1.29 is 4.74 Å². The smallest absolute Gasteiger partial charge is 0.135 e. The van der Waals surface area contributed by atoms with Gasteiger partial charge in [0.2, 0.25) is 0 Å². The van der Waals surface area contributed by atoms with Crippen molar-refractivity contribution in [2.45, 2.75) is 5.41 Å². The van der Waals surface area contributed by atoms with E-state index in [1.807, 2.05) is 0 Å². The largest absolute Gasteiger partial charge is 0.456 e. The van der Waals surface area contributed by atoms with Crippen LogP contribution in [-0.4, -0.2) is 0 Å². The molecule has 9 aromatic rings. The molecule has 1 heterocycles. The fourth-order valence-electron chi connectivity index (χ4n) is 9.56. The molecule has 0 saturated heterocycles.